The molecule has 0 aromatic heterocycles. The van der Waals surface area contributed by atoms with E-state index in [-0.39, 0.29) is 11.7 Å². The van der Waals surface area contributed by atoms with Gasteiger partial charge in [-0.15, -0.1) is 0 Å². The topological polar surface area (TPSA) is 91.0 Å². The summed E-state index contributed by atoms with van der Waals surface area (Å²) >= 11 is 0. The molecule has 1 rings (SSSR count). The molecule has 6 heteroatoms. The van der Waals surface area contributed by atoms with E-state index in [2.05, 4.69) is 10.5 Å². The first kappa shape index (κ1) is 16.0. The summed E-state index contributed by atoms with van der Waals surface area (Å²) in [5.41, 5.74) is 7.16. The zero-order valence-electron chi connectivity index (χ0n) is 12.0. The summed E-state index contributed by atoms with van der Waals surface area (Å²) in [5.74, 6) is 0.161. The van der Waals surface area contributed by atoms with E-state index in [0.717, 1.165) is 18.7 Å². The Bertz CT molecular complexity index is 470. The predicted molar refractivity (Wildman–Crippen MR) is 78.6 cm³/mol. The number of hydrogen-bond acceptors (Lipinski definition) is 4. The lowest BCUT2D eigenvalue weighted by atomic mass is 10.1. The smallest absolute Gasteiger partial charge is 0.236 e. The number of carbonyl (C=O) groups is 1. The normalized spacial score (nSPS) is 11.4. The van der Waals surface area contributed by atoms with Crippen molar-refractivity contribution >= 4 is 11.7 Å². The van der Waals surface area contributed by atoms with Crippen LogP contribution in [0, 0.1) is 0 Å². The van der Waals surface area contributed by atoms with Crippen molar-refractivity contribution in [1.82, 2.24) is 10.2 Å². The molecule has 4 N–H and O–H groups in total. The molecule has 0 aliphatic heterocycles. The molecular weight excluding hydrogens is 256 g/mol. The summed E-state index contributed by atoms with van der Waals surface area (Å²) < 4.78 is 0. The molecule has 20 heavy (non-hydrogen) atoms. The van der Waals surface area contributed by atoms with Crippen LogP contribution in [0.5, 0.6) is 0 Å². The maximum Gasteiger partial charge on any atom is 0.236 e. The van der Waals surface area contributed by atoms with Crippen LogP contribution in [-0.2, 0) is 11.3 Å². The lowest BCUT2D eigenvalue weighted by Gasteiger charge is -2.18. The van der Waals surface area contributed by atoms with Gasteiger partial charge in [-0.25, -0.2) is 0 Å². The molecule has 1 aromatic rings. The minimum absolute atomic E-state index is 0.0751. The zero-order valence-corrected chi connectivity index (χ0v) is 12.0. The Labute approximate surface area is 119 Å². The van der Waals surface area contributed by atoms with E-state index in [4.69, 9.17) is 10.9 Å². The van der Waals surface area contributed by atoms with Crippen LogP contribution >= 0.6 is 0 Å². The summed E-state index contributed by atoms with van der Waals surface area (Å²) in [6.07, 6.45) is 0. The van der Waals surface area contributed by atoms with Gasteiger partial charge in [0.05, 0.1) is 6.54 Å². The van der Waals surface area contributed by atoms with Crippen molar-refractivity contribution < 1.29 is 10.0 Å². The van der Waals surface area contributed by atoms with Gasteiger partial charge >= 0.3 is 0 Å². The van der Waals surface area contributed by atoms with Crippen LogP contribution in [0.4, 0.5) is 0 Å². The molecule has 0 saturated heterocycles. The summed E-state index contributed by atoms with van der Waals surface area (Å²) in [7, 11) is 0. The van der Waals surface area contributed by atoms with Crippen molar-refractivity contribution in [3.8, 4) is 0 Å². The van der Waals surface area contributed by atoms with Crippen molar-refractivity contribution in [3.05, 3.63) is 35.4 Å². The Hall–Kier alpha value is -2.08. The van der Waals surface area contributed by atoms with Gasteiger partial charge in [0, 0.05) is 25.2 Å². The zero-order chi connectivity index (χ0) is 15.0. The quantitative estimate of drug-likeness (QED) is 0.297. The van der Waals surface area contributed by atoms with Gasteiger partial charge in [-0.05, 0) is 25.5 Å². The van der Waals surface area contributed by atoms with Gasteiger partial charge in [0.15, 0.2) is 5.84 Å². The Morgan fingerprint density at radius 3 is 2.70 bits per heavy atom. The molecule has 0 heterocycles. The minimum Gasteiger partial charge on any atom is -0.409 e. The molecule has 0 aliphatic carbocycles. The molecule has 0 radical (unpaired) electrons. The van der Waals surface area contributed by atoms with E-state index < -0.39 is 0 Å². The number of oxime groups is 1. The van der Waals surface area contributed by atoms with Gasteiger partial charge in [0.25, 0.3) is 0 Å². The predicted octanol–water partition coefficient (Wildman–Crippen LogP) is 0.739. The molecule has 0 atom stereocenters. The van der Waals surface area contributed by atoms with Gasteiger partial charge in [-0.3, -0.25) is 4.79 Å². The molecule has 0 fully saturated rings. The molecule has 6 nitrogen and oxygen atoms in total. The molecule has 0 unspecified atom stereocenters. The summed E-state index contributed by atoms with van der Waals surface area (Å²) in [5, 5.41) is 14.7. The fraction of sp³-hybridized carbons (Fsp3) is 0.429. The third-order valence-electron chi connectivity index (χ3n) is 3.05. The van der Waals surface area contributed by atoms with E-state index in [0.29, 0.717) is 18.7 Å². The highest BCUT2D eigenvalue weighted by molar-refractivity contribution is 5.97. The van der Waals surface area contributed by atoms with Crippen LogP contribution in [0.1, 0.15) is 25.0 Å². The maximum absolute atomic E-state index is 11.8. The van der Waals surface area contributed by atoms with Gasteiger partial charge < -0.3 is 21.2 Å². The Morgan fingerprint density at radius 2 is 2.10 bits per heavy atom. The monoisotopic (exact) mass is 278 g/mol. The molecule has 0 spiro atoms. The number of amides is 1. The molecule has 0 aliphatic rings. The molecule has 110 valence electrons. The summed E-state index contributed by atoms with van der Waals surface area (Å²) in [6.45, 7) is 6.21. The second-order valence-electron chi connectivity index (χ2n) is 4.36. The van der Waals surface area contributed by atoms with Crippen molar-refractivity contribution in [1.29, 1.82) is 0 Å². The third kappa shape index (κ3) is 4.55. The standard InChI is InChI=1S/C14H22N4O2/c1-3-18(4-2)13(19)10-16-9-11-6-5-7-12(8-11)14(15)17-20/h5-8,16,20H,3-4,9-10H2,1-2H3,(H2,15,17). The first-order valence-electron chi connectivity index (χ1n) is 6.67. The van der Waals surface area contributed by atoms with E-state index in [1.807, 2.05) is 32.0 Å². The number of hydrogen-bond donors (Lipinski definition) is 3. The highest BCUT2D eigenvalue weighted by Gasteiger charge is 2.08. The number of nitrogens with two attached hydrogens (primary N) is 1. The van der Waals surface area contributed by atoms with Crippen LogP contribution in [0.3, 0.4) is 0 Å². The molecule has 0 bridgehead atoms. The van der Waals surface area contributed by atoms with E-state index >= 15 is 0 Å². The SMILES string of the molecule is CCN(CC)C(=O)CNCc1cccc(/C(N)=N/O)c1. The van der Waals surface area contributed by atoms with Crippen molar-refractivity contribution in [2.45, 2.75) is 20.4 Å². The molecule has 1 aromatic carbocycles. The number of benzene rings is 1. The van der Waals surface area contributed by atoms with E-state index in [1.54, 1.807) is 11.0 Å². The van der Waals surface area contributed by atoms with Crippen molar-refractivity contribution in [2.24, 2.45) is 10.9 Å². The Balaban J connectivity index is 2.52. The fourth-order valence-corrected chi connectivity index (χ4v) is 1.90. The number of rotatable bonds is 7. The lowest BCUT2D eigenvalue weighted by Crippen LogP contribution is -2.37. The van der Waals surface area contributed by atoms with E-state index in [9.17, 15) is 4.79 Å². The average Bonchev–Trinajstić information content (AvgIpc) is 2.48. The van der Waals surface area contributed by atoms with Crippen molar-refractivity contribution in [2.75, 3.05) is 19.6 Å². The van der Waals surface area contributed by atoms with Crippen LogP contribution < -0.4 is 11.1 Å². The van der Waals surface area contributed by atoms with E-state index in [1.165, 1.54) is 0 Å². The van der Waals surface area contributed by atoms with Gasteiger partial charge in [-0.1, -0.05) is 23.4 Å². The minimum atomic E-state index is 0.0751. The largest absolute Gasteiger partial charge is 0.409 e. The second kappa shape index (κ2) is 8.16. The van der Waals surface area contributed by atoms with Crippen LogP contribution in [0.15, 0.2) is 29.4 Å². The number of likely N-dealkylation sites (N-methyl/N-ethyl adjacent to an activating group) is 1. The third-order valence-corrected chi connectivity index (χ3v) is 3.05. The average molecular weight is 278 g/mol. The summed E-state index contributed by atoms with van der Waals surface area (Å²) in [4.78, 5) is 13.6. The number of amidine groups is 1. The van der Waals surface area contributed by atoms with Gasteiger partial charge in [0.1, 0.15) is 0 Å². The number of carbonyl (C=O) groups excluding carboxylic acids is 1. The van der Waals surface area contributed by atoms with Gasteiger partial charge in [0.2, 0.25) is 5.91 Å². The highest BCUT2D eigenvalue weighted by Crippen LogP contribution is 2.04. The second-order valence-corrected chi connectivity index (χ2v) is 4.36. The first-order valence-corrected chi connectivity index (χ1v) is 6.67. The molecule has 0 saturated carbocycles. The molecular formula is C14H22N4O2. The Kier molecular flexibility index (Phi) is 6.52. The lowest BCUT2D eigenvalue weighted by molar-refractivity contribution is -0.129. The van der Waals surface area contributed by atoms with Crippen LogP contribution in [0.25, 0.3) is 0 Å². The van der Waals surface area contributed by atoms with Gasteiger partial charge in [-0.2, -0.15) is 0 Å². The van der Waals surface area contributed by atoms with Crippen LogP contribution in [-0.4, -0.2) is 41.5 Å². The van der Waals surface area contributed by atoms with Crippen molar-refractivity contribution in [3.63, 3.8) is 0 Å². The fourth-order valence-electron chi connectivity index (χ4n) is 1.90. The maximum atomic E-state index is 11.8. The number of nitrogens with zero attached hydrogens (tertiary/aromatic N) is 2. The Morgan fingerprint density at radius 1 is 1.40 bits per heavy atom. The summed E-state index contributed by atoms with van der Waals surface area (Å²) in [6, 6.07) is 7.34. The number of nitrogens with one attached hydrogen (secondary N) is 1. The first-order chi connectivity index (χ1) is 9.62. The highest BCUT2D eigenvalue weighted by atomic mass is 16.4. The molecule has 1 amide bonds. The van der Waals surface area contributed by atoms with Crippen LogP contribution in [0.2, 0.25) is 0 Å².